The van der Waals surface area contributed by atoms with E-state index in [0.717, 1.165) is 12.2 Å². The summed E-state index contributed by atoms with van der Waals surface area (Å²) in [6, 6.07) is 8.42. The standard InChI is InChI=1S/C14H19ClO/c1-10(2)16-12-8-6-11(7-9-12)13-4-3-5-14(13)15/h6-10,13-14H,3-5H2,1-2H3. The van der Waals surface area contributed by atoms with Crippen molar-refractivity contribution >= 4 is 11.6 Å². The van der Waals surface area contributed by atoms with Crippen LogP contribution < -0.4 is 4.74 Å². The molecule has 0 heterocycles. The Hall–Kier alpha value is -0.690. The van der Waals surface area contributed by atoms with Crippen LogP contribution in [0, 0.1) is 0 Å². The molecule has 88 valence electrons. The van der Waals surface area contributed by atoms with Crippen LogP contribution in [0.15, 0.2) is 24.3 Å². The highest BCUT2D eigenvalue weighted by Crippen LogP contribution is 2.38. The molecule has 1 nitrogen and oxygen atoms in total. The Labute approximate surface area is 103 Å². The number of hydrogen-bond acceptors (Lipinski definition) is 1. The number of hydrogen-bond donors (Lipinski definition) is 0. The first-order valence-electron chi connectivity index (χ1n) is 6.07. The fourth-order valence-electron chi connectivity index (χ4n) is 2.36. The van der Waals surface area contributed by atoms with Crippen LogP contribution in [0.4, 0.5) is 0 Å². The van der Waals surface area contributed by atoms with E-state index in [1.165, 1.54) is 18.4 Å². The Kier molecular flexibility index (Phi) is 3.75. The van der Waals surface area contributed by atoms with Crippen LogP contribution >= 0.6 is 11.6 Å². The van der Waals surface area contributed by atoms with Crippen molar-refractivity contribution in [2.24, 2.45) is 0 Å². The zero-order valence-corrected chi connectivity index (χ0v) is 10.7. The number of alkyl halides is 1. The average molecular weight is 239 g/mol. The van der Waals surface area contributed by atoms with Crippen molar-refractivity contribution in [1.29, 1.82) is 0 Å². The second-order valence-corrected chi connectivity index (χ2v) is 5.35. The molecule has 2 heteroatoms. The van der Waals surface area contributed by atoms with Gasteiger partial charge in [-0.15, -0.1) is 11.6 Å². The lowest BCUT2D eigenvalue weighted by molar-refractivity contribution is 0.242. The van der Waals surface area contributed by atoms with Crippen molar-refractivity contribution in [3.63, 3.8) is 0 Å². The van der Waals surface area contributed by atoms with Crippen LogP contribution in [0.1, 0.15) is 44.6 Å². The van der Waals surface area contributed by atoms with Gasteiger partial charge in [0.2, 0.25) is 0 Å². The van der Waals surface area contributed by atoms with E-state index in [1.54, 1.807) is 0 Å². The fourth-order valence-corrected chi connectivity index (χ4v) is 2.78. The molecule has 0 aromatic heterocycles. The number of benzene rings is 1. The van der Waals surface area contributed by atoms with Gasteiger partial charge in [0.05, 0.1) is 6.10 Å². The maximum Gasteiger partial charge on any atom is 0.119 e. The molecule has 0 amide bonds. The molecule has 1 aromatic carbocycles. The molecule has 1 aliphatic carbocycles. The molecule has 1 aliphatic rings. The van der Waals surface area contributed by atoms with Gasteiger partial charge in [0.1, 0.15) is 5.75 Å². The maximum absolute atomic E-state index is 6.31. The minimum absolute atomic E-state index is 0.234. The lowest BCUT2D eigenvalue weighted by Crippen LogP contribution is -2.07. The van der Waals surface area contributed by atoms with Crippen LogP contribution in [0.2, 0.25) is 0 Å². The first-order valence-corrected chi connectivity index (χ1v) is 6.51. The van der Waals surface area contributed by atoms with Crippen LogP contribution in [0.3, 0.4) is 0 Å². The highest BCUT2D eigenvalue weighted by atomic mass is 35.5. The number of rotatable bonds is 3. The van der Waals surface area contributed by atoms with E-state index in [2.05, 4.69) is 24.3 Å². The summed E-state index contributed by atoms with van der Waals surface area (Å²) in [7, 11) is 0. The normalized spacial score (nSPS) is 25.0. The third kappa shape index (κ3) is 2.70. The van der Waals surface area contributed by atoms with Crippen molar-refractivity contribution in [3.05, 3.63) is 29.8 Å². The Bertz CT molecular complexity index is 331. The molecule has 0 aliphatic heterocycles. The highest BCUT2D eigenvalue weighted by Gasteiger charge is 2.26. The zero-order chi connectivity index (χ0) is 11.5. The topological polar surface area (TPSA) is 9.23 Å². The van der Waals surface area contributed by atoms with E-state index in [-0.39, 0.29) is 6.10 Å². The molecule has 1 saturated carbocycles. The van der Waals surface area contributed by atoms with E-state index < -0.39 is 0 Å². The predicted octanol–water partition coefficient (Wildman–Crippen LogP) is 4.35. The van der Waals surface area contributed by atoms with E-state index in [0.29, 0.717) is 11.3 Å². The van der Waals surface area contributed by atoms with Crippen molar-refractivity contribution in [2.45, 2.75) is 50.5 Å². The van der Waals surface area contributed by atoms with E-state index >= 15 is 0 Å². The fraction of sp³-hybridized carbons (Fsp3) is 0.571. The third-order valence-corrected chi connectivity index (χ3v) is 3.63. The molecule has 2 rings (SSSR count). The quantitative estimate of drug-likeness (QED) is 0.712. The summed E-state index contributed by atoms with van der Waals surface area (Å²) in [6.45, 7) is 4.08. The maximum atomic E-state index is 6.31. The van der Waals surface area contributed by atoms with Crippen LogP contribution in [-0.4, -0.2) is 11.5 Å². The summed E-state index contributed by atoms with van der Waals surface area (Å²) >= 11 is 6.31. The van der Waals surface area contributed by atoms with Crippen molar-refractivity contribution in [1.82, 2.24) is 0 Å². The molecule has 2 unspecified atom stereocenters. The van der Waals surface area contributed by atoms with Gasteiger partial charge in [-0.3, -0.25) is 0 Å². The molecular weight excluding hydrogens is 220 g/mol. The van der Waals surface area contributed by atoms with Crippen molar-refractivity contribution in [3.8, 4) is 5.75 Å². The molecular formula is C14H19ClO. The van der Waals surface area contributed by atoms with E-state index in [9.17, 15) is 0 Å². The molecule has 1 fully saturated rings. The monoisotopic (exact) mass is 238 g/mol. The SMILES string of the molecule is CC(C)Oc1ccc(C2CCCC2Cl)cc1. The van der Waals surface area contributed by atoms with E-state index in [1.807, 2.05) is 13.8 Å². The van der Waals surface area contributed by atoms with Crippen LogP contribution in [0.25, 0.3) is 0 Å². The summed E-state index contributed by atoms with van der Waals surface area (Å²) < 4.78 is 5.63. The summed E-state index contributed by atoms with van der Waals surface area (Å²) in [5.41, 5.74) is 1.36. The summed E-state index contributed by atoms with van der Waals surface area (Å²) in [5.74, 6) is 1.48. The molecule has 1 aromatic rings. The lowest BCUT2D eigenvalue weighted by Gasteiger charge is -2.15. The van der Waals surface area contributed by atoms with Crippen molar-refractivity contribution in [2.75, 3.05) is 0 Å². The largest absolute Gasteiger partial charge is 0.491 e. The molecule has 0 N–H and O–H groups in total. The second kappa shape index (κ2) is 5.09. The van der Waals surface area contributed by atoms with Gasteiger partial charge < -0.3 is 4.74 Å². The molecule has 0 radical (unpaired) electrons. The average Bonchev–Trinajstić information content (AvgIpc) is 2.65. The Morgan fingerprint density at radius 2 is 1.88 bits per heavy atom. The third-order valence-electron chi connectivity index (χ3n) is 3.11. The molecule has 16 heavy (non-hydrogen) atoms. The van der Waals surface area contributed by atoms with Crippen LogP contribution in [0.5, 0.6) is 5.75 Å². The minimum atomic E-state index is 0.234. The van der Waals surface area contributed by atoms with Crippen molar-refractivity contribution < 1.29 is 4.74 Å². The van der Waals surface area contributed by atoms with Gasteiger partial charge >= 0.3 is 0 Å². The molecule has 0 spiro atoms. The Balaban J connectivity index is 2.07. The van der Waals surface area contributed by atoms with Gasteiger partial charge in [0.15, 0.2) is 0 Å². The zero-order valence-electron chi connectivity index (χ0n) is 9.95. The molecule has 2 atom stereocenters. The van der Waals surface area contributed by atoms with E-state index in [4.69, 9.17) is 16.3 Å². The highest BCUT2D eigenvalue weighted by molar-refractivity contribution is 6.21. The van der Waals surface area contributed by atoms with Crippen LogP contribution in [-0.2, 0) is 0 Å². The smallest absolute Gasteiger partial charge is 0.119 e. The number of ether oxygens (including phenoxy) is 1. The van der Waals surface area contributed by atoms with Gasteiger partial charge in [-0.05, 0) is 44.4 Å². The predicted molar refractivity (Wildman–Crippen MR) is 68.4 cm³/mol. The number of halogens is 1. The lowest BCUT2D eigenvalue weighted by atomic mass is 9.97. The van der Waals surface area contributed by atoms with Gasteiger partial charge in [-0.2, -0.15) is 0 Å². The minimum Gasteiger partial charge on any atom is -0.491 e. The molecule has 0 saturated heterocycles. The molecule has 0 bridgehead atoms. The van der Waals surface area contributed by atoms with Gasteiger partial charge in [0.25, 0.3) is 0 Å². The summed E-state index contributed by atoms with van der Waals surface area (Å²) in [4.78, 5) is 0. The Morgan fingerprint density at radius 1 is 1.19 bits per heavy atom. The first kappa shape index (κ1) is 11.8. The Morgan fingerprint density at radius 3 is 2.38 bits per heavy atom. The summed E-state index contributed by atoms with van der Waals surface area (Å²) in [6.07, 6.45) is 3.86. The second-order valence-electron chi connectivity index (χ2n) is 4.79. The summed E-state index contributed by atoms with van der Waals surface area (Å²) in [5, 5.41) is 0.317. The van der Waals surface area contributed by atoms with Gasteiger partial charge in [-0.25, -0.2) is 0 Å². The first-order chi connectivity index (χ1) is 7.66. The van der Waals surface area contributed by atoms with Gasteiger partial charge in [-0.1, -0.05) is 18.6 Å². The van der Waals surface area contributed by atoms with Gasteiger partial charge in [0, 0.05) is 11.3 Å².